The van der Waals surface area contributed by atoms with Gasteiger partial charge in [0.05, 0.1) is 38.2 Å². The number of hydrogen-bond acceptors (Lipinski definition) is 6. The highest BCUT2D eigenvalue weighted by molar-refractivity contribution is 7.14. The van der Waals surface area contributed by atoms with Crippen molar-refractivity contribution in [1.29, 1.82) is 0 Å². The van der Waals surface area contributed by atoms with E-state index in [-0.39, 0.29) is 11.5 Å². The van der Waals surface area contributed by atoms with Crippen molar-refractivity contribution in [3.8, 4) is 0 Å². The van der Waals surface area contributed by atoms with Crippen LogP contribution in [0.4, 0.5) is 5.95 Å². The van der Waals surface area contributed by atoms with Crippen molar-refractivity contribution in [2.75, 3.05) is 4.90 Å². The number of aromatic nitrogens is 3. The number of carbonyl (C=O) groups is 2. The Hall–Kier alpha value is -3.78. The first-order valence-electron chi connectivity index (χ1n) is 10.1. The third kappa shape index (κ3) is 3.11. The Balaban J connectivity index is 1.70. The van der Waals surface area contributed by atoms with Crippen LogP contribution in [0.5, 0.6) is 0 Å². The van der Waals surface area contributed by atoms with Crippen molar-refractivity contribution in [3.63, 3.8) is 0 Å². The van der Waals surface area contributed by atoms with Gasteiger partial charge in [-0.1, -0.05) is 42.0 Å². The molecule has 3 heterocycles. The third-order valence-electron chi connectivity index (χ3n) is 5.53. The summed E-state index contributed by atoms with van der Waals surface area (Å²) in [6.45, 7) is 5.51. The number of para-hydroxylation sites is 2. The van der Waals surface area contributed by atoms with Gasteiger partial charge < -0.3 is 10.1 Å². The molecule has 1 aliphatic heterocycles. The number of imidazole rings is 1. The summed E-state index contributed by atoms with van der Waals surface area (Å²) in [5, 5.41) is 11.7. The summed E-state index contributed by atoms with van der Waals surface area (Å²) in [5.41, 5.74) is 3.74. The molecule has 2 aromatic carbocycles. The van der Waals surface area contributed by atoms with Crippen LogP contribution in [0, 0.1) is 20.8 Å². The monoisotopic (exact) mass is 444 g/mol. The molecule has 8 heteroatoms. The SMILES string of the molecule is Cc1cccc(C2C(C(=O)c3sc(C)nc3C)=C(O)C(=O)N2c2nc3ccccc3[nH]2)c1. The number of amides is 1. The summed E-state index contributed by atoms with van der Waals surface area (Å²) >= 11 is 1.25. The first-order chi connectivity index (χ1) is 15.3. The van der Waals surface area contributed by atoms with Gasteiger partial charge in [0.1, 0.15) is 0 Å². The summed E-state index contributed by atoms with van der Waals surface area (Å²) in [7, 11) is 0. The fourth-order valence-electron chi connectivity index (χ4n) is 4.13. The summed E-state index contributed by atoms with van der Waals surface area (Å²) in [6.07, 6.45) is 0. The van der Waals surface area contributed by atoms with Crippen molar-refractivity contribution in [1.82, 2.24) is 15.0 Å². The van der Waals surface area contributed by atoms with Gasteiger partial charge in [-0.3, -0.25) is 14.5 Å². The van der Waals surface area contributed by atoms with Crippen LogP contribution in [0.1, 0.15) is 37.5 Å². The molecule has 7 nitrogen and oxygen atoms in total. The Labute approximate surface area is 188 Å². The fraction of sp³-hybridized carbons (Fsp3) is 0.167. The molecule has 1 atom stereocenters. The Kier molecular flexibility index (Phi) is 4.67. The van der Waals surface area contributed by atoms with Gasteiger partial charge in [0, 0.05) is 0 Å². The number of rotatable bonds is 4. The van der Waals surface area contributed by atoms with E-state index < -0.39 is 23.5 Å². The molecule has 1 aliphatic rings. The van der Waals surface area contributed by atoms with Gasteiger partial charge in [-0.05, 0) is 38.5 Å². The number of carbonyl (C=O) groups excluding carboxylic acids is 2. The van der Waals surface area contributed by atoms with Crippen molar-refractivity contribution in [2.24, 2.45) is 0 Å². The minimum atomic E-state index is -0.822. The lowest BCUT2D eigenvalue weighted by atomic mass is 9.94. The number of thiazole rings is 1. The molecule has 0 fully saturated rings. The highest BCUT2D eigenvalue weighted by Gasteiger charge is 2.46. The number of fused-ring (bicyclic) bond motifs is 1. The van der Waals surface area contributed by atoms with E-state index in [2.05, 4.69) is 15.0 Å². The number of anilines is 1. The normalized spacial score (nSPS) is 16.4. The molecule has 0 bridgehead atoms. The maximum Gasteiger partial charge on any atom is 0.296 e. The highest BCUT2D eigenvalue weighted by atomic mass is 32.1. The number of Topliss-reactive ketones (excluding diaryl/α,β-unsaturated/α-hetero) is 1. The van der Waals surface area contributed by atoms with Crippen LogP contribution in [0.2, 0.25) is 0 Å². The van der Waals surface area contributed by atoms with Crippen molar-refractivity contribution in [3.05, 3.63) is 86.6 Å². The molecular formula is C24H20N4O3S. The van der Waals surface area contributed by atoms with Gasteiger partial charge >= 0.3 is 0 Å². The van der Waals surface area contributed by atoms with Crippen LogP contribution in [-0.4, -0.2) is 31.7 Å². The quantitative estimate of drug-likeness (QED) is 0.444. The Morgan fingerprint density at radius 2 is 1.88 bits per heavy atom. The zero-order valence-corrected chi connectivity index (χ0v) is 18.5. The number of aliphatic hydroxyl groups is 1. The van der Waals surface area contributed by atoms with E-state index >= 15 is 0 Å². The number of hydrogen-bond donors (Lipinski definition) is 2. The minimum Gasteiger partial charge on any atom is -0.503 e. The first-order valence-corrected chi connectivity index (χ1v) is 10.9. The van der Waals surface area contributed by atoms with Crippen LogP contribution in [-0.2, 0) is 4.79 Å². The lowest BCUT2D eigenvalue weighted by molar-refractivity contribution is -0.117. The highest BCUT2D eigenvalue weighted by Crippen LogP contribution is 2.42. The van der Waals surface area contributed by atoms with Gasteiger partial charge in [0.15, 0.2) is 5.76 Å². The Morgan fingerprint density at radius 3 is 2.56 bits per heavy atom. The summed E-state index contributed by atoms with van der Waals surface area (Å²) < 4.78 is 0. The summed E-state index contributed by atoms with van der Waals surface area (Å²) in [6, 6.07) is 14.2. The molecule has 160 valence electrons. The topological polar surface area (TPSA) is 99.2 Å². The number of aromatic amines is 1. The van der Waals surface area contributed by atoms with Crippen LogP contribution < -0.4 is 4.90 Å². The predicted molar refractivity (Wildman–Crippen MR) is 123 cm³/mol. The Morgan fingerprint density at radius 1 is 1.09 bits per heavy atom. The number of H-pyrrole nitrogens is 1. The van der Waals surface area contributed by atoms with E-state index in [0.29, 0.717) is 21.7 Å². The van der Waals surface area contributed by atoms with Crippen LogP contribution in [0.25, 0.3) is 11.0 Å². The number of nitrogens with zero attached hydrogens (tertiary/aromatic N) is 3. The lowest BCUT2D eigenvalue weighted by Crippen LogP contribution is -2.32. The van der Waals surface area contributed by atoms with Gasteiger partial charge in [-0.2, -0.15) is 0 Å². The molecule has 0 radical (unpaired) electrons. The molecule has 0 spiro atoms. The molecule has 32 heavy (non-hydrogen) atoms. The third-order valence-corrected chi connectivity index (χ3v) is 6.60. The molecule has 0 saturated carbocycles. The second kappa shape index (κ2) is 7.42. The number of ketones is 1. The van der Waals surface area contributed by atoms with Gasteiger partial charge in [-0.25, -0.2) is 9.97 Å². The van der Waals surface area contributed by atoms with Crippen LogP contribution in [0.3, 0.4) is 0 Å². The standard InChI is InChI=1S/C24H20N4O3S/c1-12-7-6-8-15(11-12)19-18(20(29)22-13(2)25-14(3)32-22)21(30)23(31)28(19)24-26-16-9-4-5-10-17(16)27-24/h4-11,19,30H,1-3H3,(H,26,27). The fourth-order valence-corrected chi connectivity index (χ4v) is 5.00. The molecule has 1 amide bonds. The maximum absolute atomic E-state index is 13.6. The summed E-state index contributed by atoms with van der Waals surface area (Å²) in [5.74, 6) is -1.36. The molecule has 1 unspecified atom stereocenters. The van der Waals surface area contributed by atoms with E-state index in [1.165, 1.54) is 16.2 Å². The second-order valence-corrected chi connectivity index (χ2v) is 9.01. The number of aliphatic hydroxyl groups excluding tert-OH is 1. The second-order valence-electron chi connectivity index (χ2n) is 7.81. The van der Waals surface area contributed by atoms with Crippen LogP contribution >= 0.6 is 11.3 Å². The molecule has 0 saturated heterocycles. The zero-order valence-electron chi connectivity index (χ0n) is 17.7. The van der Waals surface area contributed by atoms with Gasteiger partial charge in [0.2, 0.25) is 11.7 Å². The largest absolute Gasteiger partial charge is 0.503 e. The molecule has 0 aliphatic carbocycles. The van der Waals surface area contributed by atoms with Gasteiger partial charge in [-0.15, -0.1) is 11.3 Å². The van der Waals surface area contributed by atoms with Gasteiger partial charge in [0.25, 0.3) is 5.91 Å². The number of benzene rings is 2. The zero-order chi connectivity index (χ0) is 22.6. The first kappa shape index (κ1) is 20.1. The van der Waals surface area contributed by atoms with E-state index in [1.807, 2.05) is 62.4 Å². The molecule has 5 rings (SSSR count). The van der Waals surface area contributed by atoms with Crippen molar-refractivity contribution >= 4 is 40.0 Å². The van der Waals surface area contributed by atoms with E-state index in [4.69, 9.17) is 0 Å². The number of aryl methyl sites for hydroxylation is 3. The molecule has 2 N–H and O–H groups in total. The maximum atomic E-state index is 13.6. The molecule has 2 aromatic heterocycles. The minimum absolute atomic E-state index is 0.0350. The van der Waals surface area contributed by atoms with Crippen molar-refractivity contribution in [2.45, 2.75) is 26.8 Å². The smallest absolute Gasteiger partial charge is 0.296 e. The average molecular weight is 445 g/mol. The van der Waals surface area contributed by atoms with E-state index in [1.54, 1.807) is 6.92 Å². The van der Waals surface area contributed by atoms with Crippen molar-refractivity contribution < 1.29 is 14.7 Å². The molecule has 4 aromatic rings. The van der Waals surface area contributed by atoms with Crippen LogP contribution in [0.15, 0.2) is 59.9 Å². The molecular weight excluding hydrogens is 424 g/mol. The Bertz CT molecular complexity index is 1400. The summed E-state index contributed by atoms with van der Waals surface area (Å²) in [4.78, 5) is 40.7. The van der Waals surface area contributed by atoms with E-state index in [0.717, 1.165) is 16.1 Å². The lowest BCUT2D eigenvalue weighted by Gasteiger charge is -2.24. The number of nitrogens with one attached hydrogen (secondary N) is 1. The predicted octanol–water partition coefficient (Wildman–Crippen LogP) is 4.73. The van der Waals surface area contributed by atoms with E-state index in [9.17, 15) is 14.7 Å². The average Bonchev–Trinajstić information content (AvgIpc) is 3.41.